The van der Waals surface area contributed by atoms with Gasteiger partial charge in [0, 0.05) is 25.8 Å². The molecule has 0 unspecified atom stereocenters. The van der Waals surface area contributed by atoms with E-state index >= 15 is 0 Å². The lowest BCUT2D eigenvalue weighted by Gasteiger charge is -2.23. The molecule has 1 heterocycles. The molecule has 1 aromatic heterocycles. The number of nitrogens with zero attached hydrogens (tertiary/aromatic N) is 2. The lowest BCUT2D eigenvalue weighted by Crippen LogP contribution is -2.33. The molecule has 1 aliphatic rings. The predicted octanol–water partition coefficient (Wildman–Crippen LogP) is 2.87. The van der Waals surface area contributed by atoms with E-state index in [1.54, 1.807) is 0 Å². The predicted molar refractivity (Wildman–Crippen MR) is 70.7 cm³/mol. The van der Waals surface area contributed by atoms with Gasteiger partial charge in [-0.2, -0.15) is 5.10 Å². The average molecular weight is 235 g/mol. The molecular weight excluding hydrogens is 210 g/mol. The highest BCUT2D eigenvalue weighted by Gasteiger charge is 2.18. The molecule has 3 heteroatoms. The van der Waals surface area contributed by atoms with Gasteiger partial charge in [-0.3, -0.25) is 4.68 Å². The average Bonchev–Trinajstić information content (AvgIpc) is 2.58. The molecule has 0 amide bonds. The molecule has 96 valence electrons. The van der Waals surface area contributed by atoms with E-state index in [-0.39, 0.29) is 0 Å². The first-order chi connectivity index (χ1) is 8.27. The smallest absolute Gasteiger partial charge is 0.0518 e. The van der Waals surface area contributed by atoms with Gasteiger partial charge in [-0.15, -0.1) is 0 Å². The molecule has 17 heavy (non-hydrogen) atoms. The van der Waals surface area contributed by atoms with Crippen molar-refractivity contribution in [3.05, 3.63) is 18.0 Å². The first-order valence-electron chi connectivity index (χ1n) is 6.97. The summed E-state index contributed by atoms with van der Waals surface area (Å²) in [6.07, 6.45) is 10.4. The molecule has 0 aliphatic heterocycles. The minimum atomic E-state index is 0.628. The Morgan fingerprint density at radius 2 is 2.06 bits per heavy atom. The molecule has 1 aromatic rings. The van der Waals surface area contributed by atoms with Crippen molar-refractivity contribution >= 4 is 0 Å². The molecule has 0 spiro atoms. The van der Waals surface area contributed by atoms with Crippen molar-refractivity contribution in [2.45, 2.75) is 58.0 Å². The van der Waals surface area contributed by atoms with Crippen LogP contribution in [0.2, 0.25) is 0 Å². The standard InChI is InChI=1S/C14H25N3/c1-12(13-7-5-3-4-6-8-13)15-11-14-9-10-16-17(14)2/h9-10,12-13,15H,3-8,11H2,1-2H3/t12-/m0/s1. The van der Waals surface area contributed by atoms with Crippen molar-refractivity contribution < 1.29 is 0 Å². The minimum absolute atomic E-state index is 0.628. The summed E-state index contributed by atoms with van der Waals surface area (Å²) in [4.78, 5) is 0. The van der Waals surface area contributed by atoms with Crippen molar-refractivity contribution in [2.75, 3.05) is 0 Å². The molecular formula is C14H25N3. The summed E-state index contributed by atoms with van der Waals surface area (Å²) >= 11 is 0. The normalized spacial score (nSPS) is 20.1. The van der Waals surface area contributed by atoms with Crippen molar-refractivity contribution in [2.24, 2.45) is 13.0 Å². The maximum atomic E-state index is 4.20. The van der Waals surface area contributed by atoms with Gasteiger partial charge in [-0.1, -0.05) is 25.7 Å². The molecule has 1 atom stereocenters. The molecule has 0 saturated heterocycles. The Morgan fingerprint density at radius 3 is 2.65 bits per heavy atom. The van der Waals surface area contributed by atoms with E-state index in [0.717, 1.165) is 12.5 Å². The highest BCUT2D eigenvalue weighted by Crippen LogP contribution is 2.25. The third-order valence-electron chi connectivity index (χ3n) is 4.13. The topological polar surface area (TPSA) is 29.9 Å². The van der Waals surface area contributed by atoms with Crippen molar-refractivity contribution in [1.29, 1.82) is 0 Å². The molecule has 1 aliphatic carbocycles. The Labute approximate surface area is 105 Å². The Hall–Kier alpha value is -0.830. The molecule has 1 saturated carbocycles. The summed E-state index contributed by atoms with van der Waals surface area (Å²) < 4.78 is 1.95. The van der Waals surface area contributed by atoms with Gasteiger partial charge >= 0.3 is 0 Å². The Bertz CT molecular complexity index is 324. The van der Waals surface area contributed by atoms with Crippen LogP contribution in [0.4, 0.5) is 0 Å². The minimum Gasteiger partial charge on any atom is -0.308 e. The highest BCUT2D eigenvalue weighted by molar-refractivity contribution is 4.99. The van der Waals surface area contributed by atoms with E-state index < -0.39 is 0 Å². The number of rotatable bonds is 4. The van der Waals surface area contributed by atoms with Crippen molar-refractivity contribution in [3.63, 3.8) is 0 Å². The van der Waals surface area contributed by atoms with Gasteiger partial charge in [0.15, 0.2) is 0 Å². The van der Waals surface area contributed by atoms with E-state index in [2.05, 4.69) is 23.4 Å². The van der Waals surface area contributed by atoms with E-state index in [0.29, 0.717) is 6.04 Å². The maximum absolute atomic E-state index is 4.20. The molecule has 0 radical (unpaired) electrons. The van der Waals surface area contributed by atoms with Crippen LogP contribution < -0.4 is 5.32 Å². The molecule has 0 aromatic carbocycles. The van der Waals surface area contributed by atoms with Crippen LogP contribution in [0.5, 0.6) is 0 Å². The molecule has 1 N–H and O–H groups in total. The third kappa shape index (κ3) is 3.56. The van der Waals surface area contributed by atoms with Gasteiger partial charge in [0.25, 0.3) is 0 Å². The summed E-state index contributed by atoms with van der Waals surface area (Å²) in [5, 5.41) is 7.86. The fourth-order valence-corrected chi connectivity index (χ4v) is 2.82. The SMILES string of the molecule is C[C@H](NCc1ccnn1C)C1CCCCCC1. The lowest BCUT2D eigenvalue weighted by atomic mass is 9.93. The molecule has 0 bridgehead atoms. The van der Waals surface area contributed by atoms with E-state index in [4.69, 9.17) is 0 Å². The van der Waals surface area contributed by atoms with Crippen LogP contribution in [-0.4, -0.2) is 15.8 Å². The number of nitrogens with one attached hydrogen (secondary N) is 1. The maximum Gasteiger partial charge on any atom is 0.0518 e. The lowest BCUT2D eigenvalue weighted by molar-refractivity contribution is 0.334. The number of hydrogen-bond acceptors (Lipinski definition) is 2. The summed E-state index contributed by atoms with van der Waals surface area (Å²) in [5.74, 6) is 0.866. The first kappa shape index (κ1) is 12.6. The van der Waals surface area contributed by atoms with Gasteiger partial charge < -0.3 is 5.32 Å². The van der Waals surface area contributed by atoms with Crippen LogP contribution in [0.3, 0.4) is 0 Å². The van der Waals surface area contributed by atoms with Gasteiger partial charge in [-0.25, -0.2) is 0 Å². The van der Waals surface area contributed by atoms with Crippen LogP contribution in [0.15, 0.2) is 12.3 Å². The Morgan fingerprint density at radius 1 is 1.35 bits per heavy atom. The van der Waals surface area contributed by atoms with Crippen molar-refractivity contribution in [1.82, 2.24) is 15.1 Å². The van der Waals surface area contributed by atoms with Gasteiger partial charge in [0.1, 0.15) is 0 Å². The number of aromatic nitrogens is 2. The zero-order valence-electron chi connectivity index (χ0n) is 11.2. The second-order valence-corrected chi connectivity index (χ2v) is 5.37. The van der Waals surface area contributed by atoms with Crippen LogP contribution in [0, 0.1) is 5.92 Å². The van der Waals surface area contributed by atoms with Crippen LogP contribution >= 0.6 is 0 Å². The van der Waals surface area contributed by atoms with E-state index in [9.17, 15) is 0 Å². The quantitative estimate of drug-likeness (QED) is 0.813. The van der Waals surface area contributed by atoms with E-state index in [1.165, 1.54) is 44.2 Å². The molecule has 1 fully saturated rings. The summed E-state index contributed by atoms with van der Waals surface area (Å²) in [7, 11) is 2.01. The zero-order valence-corrected chi connectivity index (χ0v) is 11.2. The summed E-state index contributed by atoms with van der Waals surface area (Å²) in [6, 6.07) is 2.72. The molecule has 3 nitrogen and oxygen atoms in total. The summed E-state index contributed by atoms with van der Waals surface area (Å²) in [6.45, 7) is 3.28. The second-order valence-electron chi connectivity index (χ2n) is 5.37. The first-order valence-corrected chi connectivity index (χ1v) is 6.97. The highest BCUT2D eigenvalue weighted by atomic mass is 15.3. The third-order valence-corrected chi connectivity index (χ3v) is 4.13. The van der Waals surface area contributed by atoms with Gasteiger partial charge in [0.05, 0.1) is 5.69 Å². The van der Waals surface area contributed by atoms with Crippen LogP contribution in [0.1, 0.15) is 51.1 Å². The molecule has 2 rings (SSSR count). The van der Waals surface area contributed by atoms with E-state index in [1.807, 2.05) is 17.9 Å². The zero-order chi connectivity index (χ0) is 12.1. The summed E-state index contributed by atoms with van der Waals surface area (Å²) in [5.41, 5.74) is 1.27. The Balaban J connectivity index is 1.80. The van der Waals surface area contributed by atoms with Crippen LogP contribution in [0.25, 0.3) is 0 Å². The Kier molecular flexibility index (Phi) is 4.60. The van der Waals surface area contributed by atoms with Crippen molar-refractivity contribution in [3.8, 4) is 0 Å². The van der Waals surface area contributed by atoms with Gasteiger partial charge in [-0.05, 0) is 31.7 Å². The van der Waals surface area contributed by atoms with Gasteiger partial charge in [0.2, 0.25) is 0 Å². The number of aryl methyl sites for hydroxylation is 1. The fraction of sp³-hybridized carbons (Fsp3) is 0.786. The number of hydrogen-bond donors (Lipinski definition) is 1. The second kappa shape index (κ2) is 6.20. The fourth-order valence-electron chi connectivity index (χ4n) is 2.82. The largest absolute Gasteiger partial charge is 0.308 e. The monoisotopic (exact) mass is 235 g/mol. The van der Waals surface area contributed by atoms with Crippen LogP contribution in [-0.2, 0) is 13.6 Å².